The Balaban J connectivity index is 4.14. The first-order valence-electron chi connectivity index (χ1n) is 4.94. The van der Waals surface area contributed by atoms with Gasteiger partial charge in [-0.2, -0.15) is 0 Å². The van der Waals surface area contributed by atoms with Crippen molar-refractivity contribution in [2.24, 2.45) is 5.92 Å². The van der Waals surface area contributed by atoms with E-state index in [-0.39, 0.29) is 22.4 Å². The second-order valence-electron chi connectivity index (χ2n) is 3.52. The molecule has 0 bridgehead atoms. The average molecular weight is 233 g/mol. The van der Waals surface area contributed by atoms with Crippen LogP contribution in [0.5, 0.6) is 0 Å². The van der Waals surface area contributed by atoms with Gasteiger partial charge in [-0.05, 0) is 6.92 Å². The molecule has 0 aliphatic rings. The summed E-state index contributed by atoms with van der Waals surface area (Å²) in [6.45, 7) is 5.78. The van der Waals surface area contributed by atoms with Crippen LogP contribution in [-0.2, 0) is 9.53 Å². The summed E-state index contributed by atoms with van der Waals surface area (Å²) in [7, 11) is 3.38. The van der Waals surface area contributed by atoms with Crippen LogP contribution in [0.4, 0.5) is 4.79 Å². The number of rotatable bonds is 4. The first-order chi connectivity index (χ1) is 6.90. The number of carbonyl (C=O) groups is 2. The lowest BCUT2D eigenvalue weighted by molar-refractivity contribution is -0.147. The highest BCUT2D eigenvalue weighted by Gasteiger charge is 2.24. The second kappa shape index (κ2) is 6.71. The van der Waals surface area contributed by atoms with E-state index in [0.29, 0.717) is 6.61 Å². The zero-order chi connectivity index (χ0) is 12.0. The molecule has 5 heteroatoms. The predicted molar refractivity (Wildman–Crippen MR) is 61.9 cm³/mol. The first kappa shape index (κ1) is 14.3. The zero-order valence-corrected chi connectivity index (χ0v) is 10.8. The molecular formula is C10H19NO3S. The van der Waals surface area contributed by atoms with Gasteiger partial charge >= 0.3 is 5.97 Å². The molecule has 2 unspecified atom stereocenters. The molecule has 0 N–H and O–H groups in total. The summed E-state index contributed by atoms with van der Waals surface area (Å²) < 4.78 is 4.89. The van der Waals surface area contributed by atoms with Crippen LogP contribution in [0.15, 0.2) is 0 Å². The second-order valence-corrected chi connectivity index (χ2v) is 4.85. The van der Waals surface area contributed by atoms with Crippen LogP contribution in [0.3, 0.4) is 0 Å². The fourth-order valence-electron chi connectivity index (χ4n) is 0.832. The van der Waals surface area contributed by atoms with Gasteiger partial charge in [-0.15, -0.1) is 0 Å². The standard InChI is InChI=1S/C10H19NO3S/c1-6-14-9(12)7(2)8(3)15-10(13)11(4)5/h7-8H,6H2,1-5H3. The van der Waals surface area contributed by atoms with Crippen LogP contribution in [0, 0.1) is 5.92 Å². The van der Waals surface area contributed by atoms with Gasteiger partial charge in [0.2, 0.25) is 0 Å². The van der Waals surface area contributed by atoms with Gasteiger partial charge in [0.15, 0.2) is 0 Å². The van der Waals surface area contributed by atoms with Crippen molar-refractivity contribution in [3.8, 4) is 0 Å². The van der Waals surface area contributed by atoms with E-state index in [1.54, 1.807) is 27.9 Å². The van der Waals surface area contributed by atoms with Gasteiger partial charge in [-0.3, -0.25) is 9.59 Å². The molecule has 88 valence electrons. The van der Waals surface area contributed by atoms with Gasteiger partial charge in [-0.25, -0.2) is 0 Å². The number of amides is 1. The third kappa shape index (κ3) is 5.06. The SMILES string of the molecule is CCOC(=O)C(C)C(C)SC(=O)N(C)C. The third-order valence-corrected chi connectivity index (χ3v) is 3.36. The van der Waals surface area contributed by atoms with Crippen molar-refractivity contribution in [2.45, 2.75) is 26.0 Å². The fourth-order valence-corrected chi connectivity index (χ4v) is 1.68. The summed E-state index contributed by atoms with van der Waals surface area (Å²) in [5.74, 6) is -0.511. The molecule has 4 nitrogen and oxygen atoms in total. The highest BCUT2D eigenvalue weighted by atomic mass is 32.2. The fraction of sp³-hybridized carbons (Fsp3) is 0.800. The molecule has 0 aromatic carbocycles. The van der Waals surface area contributed by atoms with Crippen LogP contribution in [-0.4, -0.2) is 42.1 Å². The van der Waals surface area contributed by atoms with Crippen molar-refractivity contribution in [3.05, 3.63) is 0 Å². The summed E-state index contributed by atoms with van der Waals surface area (Å²) in [4.78, 5) is 24.2. The van der Waals surface area contributed by atoms with Gasteiger partial charge in [0, 0.05) is 19.3 Å². The smallest absolute Gasteiger partial charge is 0.309 e. The Morgan fingerprint density at radius 1 is 1.33 bits per heavy atom. The van der Waals surface area contributed by atoms with Gasteiger partial charge < -0.3 is 9.64 Å². The van der Waals surface area contributed by atoms with Gasteiger partial charge in [-0.1, -0.05) is 25.6 Å². The number of nitrogens with zero attached hydrogens (tertiary/aromatic N) is 1. The lowest BCUT2D eigenvalue weighted by atomic mass is 10.1. The number of carbonyl (C=O) groups excluding carboxylic acids is 2. The van der Waals surface area contributed by atoms with Crippen LogP contribution in [0.1, 0.15) is 20.8 Å². The number of ether oxygens (including phenoxy) is 1. The van der Waals surface area contributed by atoms with Crippen molar-refractivity contribution in [2.75, 3.05) is 20.7 Å². The maximum atomic E-state index is 11.4. The quantitative estimate of drug-likeness (QED) is 0.697. The third-order valence-electron chi connectivity index (χ3n) is 2.01. The van der Waals surface area contributed by atoms with E-state index in [1.165, 1.54) is 4.90 Å². The van der Waals surface area contributed by atoms with E-state index in [9.17, 15) is 9.59 Å². The summed E-state index contributed by atoms with van der Waals surface area (Å²) in [5.41, 5.74) is 0. The molecule has 0 saturated carbocycles. The lowest BCUT2D eigenvalue weighted by Gasteiger charge is -2.19. The van der Waals surface area contributed by atoms with Crippen LogP contribution in [0.2, 0.25) is 0 Å². The molecule has 15 heavy (non-hydrogen) atoms. The Morgan fingerprint density at radius 2 is 1.87 bits per heavy atom. The maximum absolute atomic E-state index is 11.4. The summed E-state index contributed by atoms with van der Waals surface area (Å²) in [6, 6.07) is 0. The predicted octanol–water partition coefficient (Wildman–Crippen LogP) is 1.99. The monoisotopic (exact) mass is 233 g/mol. The Kier molecular flexibility index (Phi) is 6.40. The molecule has 0 fully saturated rings. The summed E-state index contributed by atoms with van der Waals surface area (Å²) in [6.07, 6.45) is 0. The molecule has 1 amide bonds. The molecule has 0 rings (SSSR count). The topological polar surface area (TPSA) is 46.6 Å². The maximum Gasteiger partial charge on any atom is 0.309 e. The molecule has 0 aromatic rings. The van der Waals surface area contributed by atoms with E-state index in [4.69, 9.17) is 4.74 Å². The molecule has 0 radical (unpaired) electrons. The molecule has 0 heterocycles. The highest BCUT2D eigenvalue weighted by Crippen LogP contribution is 2.22. The van der Waals surface area contributed by atoms with E-state index in [1.807, 2.05) is 6.92 Å². The Labute approximate surface area is 95.3 Å². The molecule has 0 spiro atoms. The first-order valence-corrected chi connectivity index (χ1v) is 5.82. The molecule has 0 aromatic heterocycles. The zero-order valence-electron chi connectivity index (χ0n) is 9.94. The highest BCUT2D eigenvalue weighted by molar-refractivity contribution is 8.14. The minimum atomic E-state index is -0.265. The summed E-state index contributed by atoms with van der Waals surface area (Å²) >= 11 is 1.16. The van der Waals surface area contributed by atoms with E-state index >= 15 is 0 Å². The number of esters is 1. The molecule has 0 saturated heterocycles. The van der Waals surface area contributed by atoms with E-state index < -0.39 is 0 Å². The number of hydrogen-bond acceptors (Lipinski definition) is 4. The Bertz CT molecular complexity index is 231. The van der Waals surface area contributed by atoms with Gasteiger partial charge in [0.05, 0.1) is 12.5 Å². The van der Waals surface area contributed by atoms with E-state index in [2.05, 4.69) is 0 Å². The molecule has 0 aliphatic carbocycles. The van der Waals surface area contributed by atoms with E-state index in [0.717, 1.165) is 11.8 Å². The van der Waals surface area contributed by atoms with Crippen molar-refractivity contribution in [1.82, 2.24) is 4.90 Å². The molecule has 0 aliphatic heterocycles. The largest absolute Gasteiger partial charge is 0.466 e. The van der Waals surface area contributed by atoms with Crippen LogP contribution < -0.4 is 0 Å². The molecular weight excluding hydrogens is 214 g/mol. The lowest BCUT2D eigenvalue weighted by Crippen LogP contribution is -2.27. The van der Waals surface area contributed by atoms with Crippen molar-refractivity contribution < 1.29 is 14.3 Å². The normalized spacial score (nSPS) is 14.2. The van der Waals surface area contributed by atoms with Crippen molar-refractivity contribution in [3.63, 3.8) is 0 Å². The van der Waals surface area contributed by atoms with Gasteiger partial charge in [0.25, 0.3) is 5.24 Å². The number of thioether (sulfide) groups is 1. The van der Waals surface area contributed by atoms with Crippen LogP contribution in [0.25, 0.3) is 0 Å². The summed E-state index contributed by atoms with van der Waals surface area (Å²) in [5, 5.41) is -0.113. The average Bonchev–Trinajstić information content (AvgIpc) is 2.16. The van der Waals surface area contributed by atoms with Crippen molar-refractivity contribution in [1.29, 1.82) is 0 Å². The van der Waals surface area contributed by atoms with Crippen LogP contribution >= 0.6 is 11.8 Å². The number of hydrogen-bond donors (Lipinski definition) is 0. The Morgan fingerprint density at radius 3 is 2.27 bits per heavy atom. The Hall–Kier alpha value is -0.710. The van der Waals surface area contributed by atoms with Crippen molar-refractivity contribution >= 4 is 23.0 Å². The minimum Gasteiger partial charge on any atom is -0.466 e. The van der Waals surface area contributed by atoms with Gasteiger partial charge in [0.1, 0.15) is 0 Å². The minimum absolute atomic E-state index is 0.0429. The molecule has 2 atom stereocenters.